The number of halogens is 3. The lowest BCUT2D eigenvalue weighted by molar-refractivity contribution is 0.371. The molecule has 11 heteroatoms. The highest BCUT2D eigenvalue weighted by atomic mass is 35.5. The van der Waals surface area contributed by atoms with Gasteiger partial charge in [0.15, 0.2) is 17.5 Å². The van der Waals surface area contributed by atoms with Gasteiger partial charge >= 0.3 is 0 Å². The fourth-order valence-corrected chi connectivity index (χ4v) is 2.91. The monoisotopic (exact) mass is 396 g/mol. The molecule has 1 atom stereocenters. The first-order valence-electron chi connectivity index (χ1n) is 7.25. The van der Waals surface area contributed by atoms with Crippen LogP contribution in [0, 0.1) is 11.6 Å². The van der Waals surface area contributed by atoms with Crippen LogP contribution in [0.4, 0.5) is 8.78 Å². The SMILES string of the molecule is CNC(C)Cc1noc(CCNS(=O)(=O)c2ccc(F)c(F)c2)n1.Cl. The van der Waals surface area contributed by atoms with Crippen molar-refractivity contribution in [2.45, 2.75) is 30.7 Å². The molecule has 0 radical (unpaired) electrons. The average molecular weight is 397 g/mol. The van der Waals surface area contributed by atoms with E-state index in [0.29, 0.717) is 24.2 Å². The average Bonchev–Trinajstić information content (AvgIpc) is 2.97. The molecule has 0 fully saturated rings. The molecule has 0 aliphatic rings. The first-order chi connectivity index (χ1) is 11.3. The number of hydrogen-bond acceptors (Lipinski definition) is 6. The van der Waals surface area contributed by atoms with Crippen LogP contribution in [0.25, 0.3) is 0 Å². The van der Waals surface area contributed by atoms with Crippen molar-refractivity contribution in [2.24, 2.45) is 0 Å². The van der Waals surface area contributed by atoms with Gasteiger partial charge in [-0.2, -0.15) is 4.98 Å². The second-order valence-corrected chi connectivity index (χ2v) is 6.99. The van der Waals surface area contributed by atoms with E-state index in [1.165, 1.54) is 0 Å². The molecule has 0 saturated carbocycles. The summed E-state index contributed by atoms with van der Waals surface area (Å²) in [6.07, 6.45) is 0.768. The van der Waals surface area contributed by atoms with Crippen LogP contribution in [-0.4, -0.2) is 38.2 Å². The molecule has 1 unspecified atom stereocenters. The predicted octanol–water partition coefficient (Wildman–Crippen LogP) is 1.44. The highest BCUT2D eigenvalue weighted by Crippen LogP contribution is 2.13. The van der Waals surface area contributed by atoms with Crippen molar-refractivity contribution in [1.29, 1.82) is 0 Å². The van der Waals surface area contributed by atoms with Gasteiger partial charge in [-0.1, -0.05) is 5.16 Å². The van der Waals surface area contributed by atoms with Crippen molar-refractivity contribution < 1.29 is 21.7 Å². The van der Waals surface area contributed by atoms with Gasteiger partial charge in [-0.25, -0.2) is 21.9 Å². The van der Waals surface area contributed by atoms with Crippen LogP contribution in [-0.2, 0) is 22.9 Å². The molecular formula is C14H19ClF2N4O3S. The normalized spacial score (nSPS) is 12.6. The van der Waals surface area contributed by atoms with Gasteiger partial charge in [0.05, 0.1) is 4.90 Å². The molecule has 0 bridgehead atoms. The summed E-state index contributed by atoms with van der Waals surface area (Å²) in [6.45, 7) is 1.95. The minimum atomic E-state index is -3.94. The number of sulfonamides is 1. The van der Waals surface area contributed by atoms with Crippen LogP contribution in [0.5, 0.6) is 0 Å². The van der Waals surface area contributed by atoms with Gasteiger partial charge in [0, 0.05) is 25.4 Å². The molecule has 0 aliphatic carbocycles. The molecular weight excluding hydrogens is 378 g/mol. The predicted molar refractivity (Wildman–Crippen MR) is 89.0 cm³/mol. The van der Waals surface area contributed by atoms with Crippen molar-refractivity contribution in [1.82, 2.24) is 20.2 Å². The summed E-state index contributed by atoms with van der Waals surface area (Å²) in [5.41, 5.74) is 0. The maximum atomic E-state index is 13.1. The lowest BCUT2D eigenvalue weighted by Crippen LogP contribution is -2.26. The van der Waals surface area contributed by atoms with Crippen LogP contribution < -0.4 is 10.0 Å². The molecule has 7 nitrogen and oxygen atoms in total. The summed E-state index contributed by atoms with van der Waals surface area (Å²) in [7, 11) is -2.12. The summed E-state index contributed by atoms with van der Waals surface area (Å²) in [5.74, 6) is -1.52. The Labute approximate surface area is 150 Å². The van der Waals surface area contributed by atoms with Crippen LogP contribution in [0.2, 0.25) is 0 Å². The molecule has 25 heavy (non-hydrogen) atoms. The fourth-order valence-electron chi connectivity index (χ4n) is 1.87. The van der Waals surface area contributed by atoms with E-state index in [2.05, 4.69) is 20.2 Å². The van der Waals surface area contributed by atoms with Crippen molar-refractivity contribution in [3.05, 3.63) is 41.5 Å². The number of hydrogen-bond donors (Lipinski definition) is 2. The smallest absolute Gasteiger partial charge is 0.240 e. The van der Waals surface area contributed by atoms with Gasteiger partial charge in [0.25, 0.3) is 0 Å². The molecule has 1 aromatic heterocycles. The third-order valence-electron chi connectivity index (χ3n) is 3.32. The fraction of sp³-hybridized carbons (Fsp3) is 0.429. The second kappa shape index (κ2) is 9.18. The first-order valence-corrected chi connectivity index (χ1v) is 8.73. The number of benzene rings is 1. The largest absolute Gasteiger partial charge is 0.339 e. The summed E-state index contributed by atoms with van der Waals surface area (Å²) in [4.78, 5) is 3.80. The number of aromatic nitrogens is 2. The third-order valence-corrected chi connectivity index (χ3v) is 4.78. The number of nitrogens with zero attached hydrogens (tertiary/aromatic N) is 2. The molecule has 0 amide bonds. The van der Waals surface area contributed by atoms with Gasteiger partial charge in [-0.3, -0.25) is 0 Å². The van der Waals surface area contributed by atoms with E-state index in [4.69, 9.17) is 4.52 Å². The Hall–Kier alpha value is -1.62. The first kappa shape index (κ1) is 21.4. The zero-order valence-corrected chi connectivity index (χ0v) is 15.3. The maximum absolute atomic E-state index is 13.1. The lowest BCUT2D eigenvalue weighted by Gasteiger charge is -2.06. The van der Waals surface area contributed by atoms with E-state index in [9.17, 15) is 17.2 Å². The second-order valence-electron chi connectivity index (χ2n) is 5.22. The highest BCUT2D eigenvalue weighted by Gasteiger charge is 2.17. The Bertz CT molecular complexity index is 801. The van der Waals surface area contributed by atoms with Gasteiger partial charge < -0.3 is 9.84 Å². The van der Waals surface area contributed by atoms with Crippen LogP contribution in [0.15, 0.2) is 27.6 Å². The minimum Gasteiger partial charge on any atom is -0.339 e. The van der Waals surface area contributed by atoms with Crippen molar-refractivity contribution in [3.63, 3.8) is 0 Å². The molecule has 0 spiro atoms. The number of nitrogens with one attached hydrogen (secondary N) is 2. The van der Waals surface area contributed by atoms with E-state index in [1.807, 2.05) is 14.0 Å². The molecule has 1 aromatic carbocycles. The Morgan fingerprint density at radius 3 is 2.64 bits per heavy atom. The Kier molecular flexibility index (Phi) is 7.87. The molecule has 0 aliphatic heterocycles. The Morgan fingerprint density at radius 1 is 1.28 bits per heavy atom. The third kappa shape index (κ3) is 5.99. The van der Waals surface area contributed by atoms with E-state index >= 15 is 0 Å². The maximum Gasteiger partial charge on any atom is 0.240 e. The Balaban J connectivity index is 0.00000312. The zero-order valence-electron chi connectivity index (χ0n) is 13.6. The molecule has 2 N–H and O–H groups in total. The standard InChI is InChI=1S/C14H18F2N4O3S.ClH/c1-9(17-2)7-13-19-14(23-20-13)5-6-18-24(21,22)10-3-4-11(15)12(16)8-10;/h3-4,8-9,17-18H,5-7H2,1-2H3;1H. The van der Waals surface area contributed by atoms with E-state index in [-0.39, 0.29) is 36.3 Å². The molecule has 2 aromatic rings. The van der Waals surface area contributed by atoms with Gasteiger partial charge in [0.1, 0.15) is 0 Å². The van der Waals surface area contributed by atoms with Gasteiger partial charge in [0.2, 0.25) is 15.9 Å². The topological polar surface area (TPSA) is 97.1 Å². The van der Waals surface area contributed by atoms with E-state index in [0.717, 1.165) is 12.1 Å². The van der Waals surface area contributed by atoms with Crippen molar-refractivity contribution in [3.8, 4) is 0 Å². The minimum absolute atomic E-state index is 0. The van der Waals surface area contributed by atoms with Crippen molar-refractivity contribution in [2.75, 3.05) is 13.6 Å². The molecule has 140 valence electrons. The molecule has 2 rings (SSSR count). The van der Waals surface area contributed by atoms with Crippen LogP contribution in [0.3, 0.4) is 0 Å². The summed E-state index contributed by atoms with van der Waals surface area (Å²) in [6, 6.07) is 2.56. The molecule has 1 heterocycles. The van der Waals surface area contributed by atoms with E-state index < -0.39 is 21.7 Å². The van der Waals surface area contributed by atoms with E-state index in [1.54, 1.807) is 0 Å². The number of likely N-dealkylation sites (N-methyl/N-ethyl adjacent to an activating group) is 1. The van der Waals surface area contributed by atoms with Crippen LogP contribution >= 0.6 is 12.4 Å². The summed E-state index contributed by atoms with van der Waals surface area (Å²) in [5, 5.41) is 6.85. The molecule has 0 saturated heterocycles. The van der Waals surface area contributed by atoms with Gasteiger partial charge in [-0.05, 0) is 32.2 Å². The highest BCUT2D eigenvalue weighted by molar-refractivity contribution is 7.89. The quantitative estimate of drug-likeness (QED) is 0.700. The van der Waals surface area contributed by atoms with Gasteiger partial charge in [-0.15, -0.1) is 12.4 Å². The summed E-state index contributed by atoms with van der Waals surface area (Å²) >= 11 is 0. The zero-order chi connectivity index (χ0) is 17.7. The lowest BCUT2D eigenvalue weighted by atomic mass is 10.2. The summed E-state index contributed by atoms with van der Waals surface area (Å²) < 4.78 is 57.3. The van der Waals surface area contributed by atoms with Crippen LogP contribution in [0.1, 0.15) is 18.6 Å². The number of rotatable bonds is 8. The van der Waals surface area contributed by atoms with Crippen molar-refractivity contribution >= 4 is 22.4 Å². The Morgan fingerprint density at radius 2 is 2.00 bits per heavy atom.